The van der Waals surface area contributed by atoms with Crippen molar-refractivity contribution in [3.05, 3.63) is 16.4 Å². The number of amides is 1. The molecule has 0 aliphatic rings. The molecule has 1 rings (SSSR count). The number of nitrogens with zero attached hydrogens (tertiary/aromatic N) is 1. The quantitative estimate of drug-likeness (QED) is 0.687. The first-order valence-electron chi connectivity index (χ1n) is 4.00. The van der Waals surface area contributed by atoms with Crippen LogP contribution in [0.15, 0.2) is 9.32 Å². The average molecular weight is 185 g/mol. The number of H-pyrrole nitrogens is 1. The van der Waals surface area contributed by atoms with Gasteiger partial charge in [-0.05, 0) is 18.5 Å². The second kappa shape index (κ2) is 3.88. The molecule has 0 aromatic carbocycles. The minimum absolute atomic E-state index is 0.0488. The maximum absolute atomic E-state index is 11.2. The number of hydrogen-bond donors (Lipinski definition) is 2. The molecule has 1 aromatic rings. The van der Waals surface area contributed by atoms with Crippen molar-refractivity contribution >= 4 is 5.91 Å². The minimum Gasteiger partial charge on any atom is -0.347 e. The second-order valence-corrected chi connectivity index (χ2v) is 2.73. The zero-order valence-electron chi connectivity index (χ0n) is 7.46. The van der Waals surface area contributed by atoms with Gasteiger partial charge in [-0.2, -0.15) is 0 Å². The number of carbonyl (C=O) groups is 1. The molecule has 1 unspecified atom stereocenters. The van der Waals surface area contributed by atoms with E-state index in [1.54, 1.807) is 0 Å². The molecule has 0 aliphatic carbocycles. The van der Waals surface area contributed by atoms with E-state index in [4.69, 9.17) is 0 Å². The van der Waals surface area contributed by atoms with Crippen LogP contribution in [0.5, 0.6) is 0 Å². The Bertz CT molecular complexity index is 341. The van der Waals surface area contributed by atoms with Gasteiger partial charge in [0.2, 0.25) is 5.82 Å². The van der Waals surface area contributed by atoms with Gasteiger partial charge in [0.05, 0.1) is 0 Å². The highest BCUT2D eigenvalue weighted by Gasteiger charge is 2.12. The Morgan fingerprint density at radius 1 is 1.77 bits per heavy atom. The van der Waals surface area contributed by atoms with Crippen molar-refractivity contribution in [3.63, 3.8) is 0 Å². The maximum Gasteiger partial charge on any atom is 0.439 e. The first-order valence-corrected chi connectivity index (χ1v) is 4.00. The van der Waals surface area contributed by atoms with Crippen LogP contribution in [0.25, 0.3) is 0 Å². The normalized spacial score (nSPS) is 12.5. The van der Waals surface area contributed by atoms with Gasteiger partial charge in [0.15, 0.2) is 0 Å². The molecular weight excluding hydrogens is 174 g/mol. The molecule has 6 nitrogen and oxygen atoms in total. The highest BCUT2D eigenvalue weighted by molar-refractivity contribution is 5.90. The van der Waals surface area contributed by atoms with Crippen LogP contribution >= 0.6 is 0 Å². The Hall–Kier alpha value is -1.59. The average Bonchev–Trinajstić information content (AvgIpc) is 2.51. The summed E-state index contributed by atoms with van der Waals surface area (Å²) in [5.41, 5.74) is 0. The van der Waals surface area contributed by atoms with Gasteiger partial charge in [-0.3, -0.25) is 14.3 Å². The molecule has 1 heterocycles. The standard InChI is InChI=1S/C7H11N3O3/c1-3-4(2)8-6(11)5-9-7(12)13-10-5/h4H,3H2,1-2H3,(H,8,11)(H,9,10,12). The van der Waals surface area contributed by atoms with Crippen LogP contribution in [-0.4, -0.2) is 22.1 Å². The van der Waals surface area contributed by atoms with Gasteiger partial charge in [0.25, 0.3) is 5.91 Å². The topological polar surface area (TPSA) is 88.0 Å². The summed E-state index contributed by atoms with van der Waals surface area (Å²) >= 11 is 0. The molecular formula is C7H11N3O3. The smallest absolute Gasteiger partial charge is 0.347 e. The fourth-order valence-electron chi connectivity index (χ4n) is 0.722. The summed E-state index contributed by atoms with van der Waals surface area (Å²) in [5, 5.41) is 5.88. The Morgan fingerprint density at radius 2 is 2.46 bits per heavy atom. The van der Waals surface area contributed by atoms with Gasteiger partial charge in [-0.1, -0.05) is 6.92 Å². The second-order valence-electron chi connectivity index (χ2n) is 2.73. The van der Waals surface area contributed by atoms with Gasteiger partial charge >= 0.3 is 5.76 Å². The number of hydrogen-bond acceptors (Lipinski definition) is 4. The minimum atomic E-state index is -0.727. The third-order valence-electron chi connectivity index (χ3n) is 1.65. The van der Waals surface area contributed by atoms with Crippen molar-refractivity contribution in [2.45, 2.75) is 26.3 Å². The van der Waals surface area contributed by atoms with E-state index < -0.39 is 11.7 Å². The lowest BCUT2D eigenvalue weighted by molar-refractivity contribution is 0.0926. The Kier molecular flexibility index (Phi) is 2.84. The highest BCUT2D eigenvalue weighted by Crippen LogP contribution is 1.91. The van der Waals surface area contributed by atoms with Crippen LogP contribution in [0.3, 0.4) is 0 Å². The third kappa shape index (κ3) is 2.43. The van der Waals surface area contributed by atoms with E-state index in [9.17, 15) is 9.59 Å². The molecule has 1 aromatic heterocycles. The molecule has 0 bridgehead atoms. The molecule has 0 spiro atoms. The number of nitrogens with one attached hydrogen (secondary N) is 2. The molecule has 0 radical (unpaired) electrons. The molecule has 13 heavy (non-hydrogen) atoms. The summed E-state index contributed by atoms with van der Waals surface area (Å²) in [6.07, 6.45) is 0.813. The van der Waals surface area contributed by atoms with E-state index in [1.807, 2.05) is 13.8 Å². The van der Waals surface area contributed by atoms with E-state index in [0.717, 1.165) is 6.42 Å². The van der Waals surface area contributed by atoms with Crippen LogP contribution in [0.1, 0.15) is 30.9 Å². The zero-order valence-corrected chi connectivity index (χ0v) is 7.46. The predicted molar refractivity (Wildman–Crippen MR) is 44.3 cm³/mol. The Balaban J connectivity index is 2.64. The predicted octanol–water partition coefficient (Wildman–Crippen LogP) is -0.109. The van der Waals surface area contributed by atoms with Gasteiger partial charge in [-0.15, -0.1) is 0 Å². The summed E-state index contributed by atoms with van der Waals surface area (Å²) in [4.78, 5) is 23.9. The lowest BCUT2D eigenvalue weighted by Crippen LogP contribution is -2.32. The SMILES string of the molecule is CCC(C)NC(=O)c1noc(=O)[nH]1. The molecule has 2 N–H and O–H groups in total. The summed E-state index contributed by atoms with van der Waals surface area (Å²) in [7, 11) is 0. The van der Waals surface area contributed by atoms with Crippen molar-refractivity contribution in [1.82, 2.24) is 15.5 Å². The third-order valence-corrected chi connectivity index (χ3v) is 1.65. The lowest BCUT2D eigenvalue weighted by Gasteiger charge is -2.08. The van der Waals surface area contributed by atoms with Crippen LogP contribution in [-0.2, 0) is 0 Å². The Labute approximate surface area is 74.3 Å². The fraction of sp³-hybridized carbons (Fsp3) is 0.571. The van der Waals surface area contributed by atoms with Crippen LogP contribution in [0.2, 0.25) is 0 Å². The molecule has 0 saturated heterocycles. The van der Waals surface area contributed by atoms with Crippen molar-refractivity contribution in [1.29, 1.82) is 0 Å². The van der Waals surface area contributed by atoms with Gasteiger partial charge < -0.3 is 5.32 Å². The van der Waals surface area contributed by atoms with Crippen molar-refractivity contribution in [3.8, 4) is 0 Å². The summed E-state index contributed by atoms with van der Waals surface area (Å²) in [5.74, 6) is -1.25. The fourth-order valence-corrected chi connectivity index (χ4v) is 0.722. The van der Waals surface area contributed by atoms with Gasteiger partial charge in [0.1, 0.15) is 0 Å². The first-order chi connectivity index (χ1) is 6.13. The molecule has 6 heteroatoms. The number of aromatic amines is 1. The highest BCUT2D eigenvalue weighted by atomic mass is 16.5. The van der Waals surface area contributed by atoms with Crippen molar-refractivity contribution < 1.29 is 9.32 Å². The molecule has 0 aliphatic heterocycles. The van der Waals surface area contributed by atoms with Gasteiger partial charge in [-0.25, -0.2) is 4.79 Å². The monoisotopic (exact) mass is 185 g/mol. The largest absolute Gasteiger partial charge is 0.439 e. The lowest BCUT2D eigenvalue weighted by atomic mass is 10.2. The summed E-state index contributed by atoms with van der Waals surface area (Å²) in [6.45, 7) is 3.80. The number of rotatable bonds is 3. The van der Waals surface area contributed by atoms with Crippen LogP contribution < -0.4 is 11.1 Å². The van der Waals surface area contributed by atoms with E-state index in [0.29, 0.717) is 0 Å². The molecule has 0 fully saturated rings. The summed E-state index contributed by atoms with van der Waals surface area (Å²) < 4.78 is 4.18. The number of aromatic nitrogens is 2. The Morgan fingerprint density at radius 3 is 2.92 bits per heavy atom. The summed E-state index contributed by atoms with van der Waals surface area (Å²) in [6, 6.07) is 0.0488. The first kappa shape index (κ1) is 9.50. The molecule has 0 saturated carbocycles. The van der Waals surface area contributed by atoms with Crippen molar-refractivity contribution in [2.24, 2.45) is 0 Å². The van der Waals surface area contributed by atoms with E-state index >= 15 is 0 Å². The molecule has 1 amide bonds. The van der Waals surface area contributed by atoms with E-state index in [2.05, 4.69) is 20.0 Å². The van der Waals surface area contributed by atoms with Crippen molar-refractivity contribution in [2.75, 3.05) is 0 Å². The maximum atomic E-state index is 11.2. The van der Waals surface area contributed by atoms with Gasteiger partial charge in [0, 0.05) is 6.04 Å². The van der Waals surface area contributed by atoms with E-state index in [-0.39, 0.29) is 11.9 Å². The molecule has 1 atom stereocenters. The molecule has 72 valence electrons. The zero-order chi connectivity index (χ0) is 9.84. The van der Waals surface area contributed by atoms with Crippen LogP contribution in [0.4, 0.5) is 0 Å². The van der Waals surface area contributed by atoms with E-state index in [1.165, 1.54) is 0 Å². The van der Waals surface area contributed by atoms with Crippen LogP contribution in [0, 0.1) is 0 Å². The number of carbonyl (C=O) groups excluding carboxylic acids is 1.